The van der Waals surface area contributed by atoms with Gasteiger partial charge in [-0.05, 0) is 51.1 Å². The highest BCUT2D eigenvalue weighted by molar-refractivity contribution is 4.87. The first-order chi connectivity index (χ1) is 8.33. The van der Waals surface area contributed by atoms with E-state index in [-0.39, 0.29) is 0 Å². The fourth-order valence-corrected chi connectivity index (χ4v) is 2.84. The number of methoxy groups -OCH3 is 1. The molecule has 102 valence electrons. The van der Waals surface area contributed by atoms with Crippen molar-refractivity contribution in [2.75, 3.05) is 20.2 Å². The van der Waals surface area contributed by atoms with Gasteiger partial charge in [-0.15, -0.1) is 6.58 Å². The molecule has 3 unspecified atom stereocenters. The van der Waals surface area contributed by atoms with Gasteiger partial charge in [0, 0.05) is 7.11 Å². The molecule has 2 aliphatic rings. The molecule has 1 aliphatic heterocycles. The van der Waals surface area contributed by atoms with Gasteiger partial charge in [0.25, 0.3) is 0 Å². The normalized spacial score (nSPS) is 30.9. The van der Waals surface area contributed by atoms with Crippen molar-refractivity contribution in [1.29, 1.82) is 0 Å². The lowest BCUT2D eigenvalue weighted by Gasteiger charge is -2.40. The number of ether oxygens (including phenoxy) is 1. The first-order valence-electron chi connectivity index (χ1n) is 7.14. The van der Waals surface area contributed by atoms with Crippen molar-refractivity contribution in [2.24, 2.45) is 11.8 Å². The van der Waals surface area contributed by atoms with E-state index in [1.807, 2.05) is 27.9 Å². The molecule has 2 nitrogen and oxygen atoms in total. The van der Waals surface area contributed by atoms with Crippen LogP contribution in [0.4, 0.5) is 0 Å². The minimum Gasteiger partial charge on any atom is -0.381 e. The van der Waals surface area contributed by atoms with E-state index in [2.05, 4.69) is 11.9 Å². The highest BCUT2D eigenvalue weighted by atomic mass is 16.5. The zero-order valence-electron chi connectivity index (χ0n) is 12.2. The molecule has 3 atom stereocenters. The summed E-state index contributed by atoms with van der Waals surface area (Å²) in [6.45, 7) is 11.7. The maximum Gasteiger partial charge on any atom is 0.0603 e. The highest BCUT2D eigenvalue weighted by Crippen LogP contribution is 2.35. The number of piperidine rings is 1. The standard InChI is InChI=1S/C10H19NO.C3H6.C2H6/c1-12-10-4-2-3-8-7-11-6-5-9(8)10;1-3-2;1-2/h8-11H,2-7H2,1H3;3H,1H2,2H3;1-2H3. The van der Waals surface area contributed by atoms with E-state index in [9.17, 15) is 0 Å². The first kappa shape index (κ1) is 16.7. The Bertz CT molecular complexity index is 173. The van der Waals surface area contributed by atoms with Gasteiger partial charge in [0.1, 0.15) is 0 Å². The van der Waals surface area contributed by atoms with Crippen molar-refractivity contribution in [3.63, 3.8) is 0 Å². The Morgan fingerprint density at radius 1 is 1.24 bits per heavy atom. The molecule has 1 saturated carbocycles. The van der Waals surface area contributed by atoms with Crippen molar-refractivity contribution in [3.05, 3.63) is 12.7 Å². The number of hydrogen-bond acceptors (Lipinski definition) is 2. The van der Waals surface area contributed by atoms with E-state index >= 15 is 0 Å². The summed E-state index contributed by atoms with van der Waals surface area (Å²) in [5.41, 5.74) is 0. The van der Waals surface area contributed by atoms with E-state index < -0.39 is 0 Å². The third-order valence-electron chi connectivity index (χ3n) is 3.51. The van der Waals surface area contributed by atoms with Gasteiger partial charge in [0.15, 0.2) is 0 Å². The second-order valence-corrected chi connectivity index (χ2v) is 4.53. The Balaban J connectivity index is 0.000000450. The molecule has 1 N–H and O–H groups in total. The Kier molecular flexibility index (Phi) is 10.6. The van der Waals surface area contributed by atoms with Crippen molar-refractivity contribution in [2.45, 2.75) is 52.6 Å². The van der Waals surface area contributed by atoms with Gasteiger partial charge in [-0.25, -0.2) is 0 Å². The van der Waals surface area contributed by atoms with Crippen LogP contribution in [0.25, 0.3) is 0 Å². The average molecular weight is 241 g/mol. The van der Waals surface area contributed by atoms with E-state index in [1.54, 1.807) is 6.08 Å². The van der Waals surface area contributed by atoms with Crippen LogP contribution in [0, 0.1) is 11.8 Å². The molecule has 1 aliphatic carbocycles. The molecule has 0 aromatic rings. The number of fused-ring (bicyclic) bond motifs is 1. The van der Waals surface area contributed by atoms with Crippen LogP contribution >= 0.6 is 0 Å². The molecule has 17 heavy (non-hydrogen) atoms. The number of allylic oxidation sites excluding steroid dienone is 1. The average Bonchev–Trinajstić information content (AvgIpc) is 2.41. The van der Waals surface area contributed by atoms with Crippen molar-refractivity contribution < 1.29 is 4.74 Å². The summed E-state index contributed by atoms with van der Waals surface area (Å²) in [5.74, 6) is 1.75. The maximum absolute atomic E-state index is 5.53. The predicted octanol–water partition coefficient (Wildman–Crippen LogP) is 3.63. The summed E-state index contributed by atoms with van der Waals surface area (Å²) in [6.07, 6.45) is 7.70. The summed E-state index contributed by atoms with van der Waals surface area (Å²) in [6, 6.07) is 0. The molecule has 0 radical (unpaired) electrons. The molecule has 0 aromatic carbocycles. The summed E-state index contributed by atoms with van der Waals surface area (Å²) in [7, 11) is 1.87. The molecule has 2 heteroatoms. The molecule has 1 heterocycles. The second-order valence-electron chi connectivity index (χ2n) is 4.53. The van der Waals surface area contributed by atoms with Crippen LogP contribution in [-0.2, 0) is 4.74 Å². The first-order valence-corrected chi connectivity index (χ1v) is 7.14. The monoisotopic (exact) mass is 241 g/mol. The molecular weight excluding hydrogens is 210 g/mol. The Morgan fingerprint density at radius 3 is 2.47 bits per heavy atom. The van der Waals surface area contributed by atoms with Gasteiger partial charge >= 0.3 is 0 Å². The zero-order chi connectivity index (χ0) is 13.1. The molecule has 0 spiro atoms. The third kappa shape index (κ3) is 5.69. The van der Waals surface area contributed by atoms with Crippen LogP contribution in [0.1, 0.15) is 46.5 Å². The fraction of sp³-hybridized carbons (Fsp3) is 0.867. The van der Waals surface area contributed by atoms with Gasteiger partial charge in [-0.1, -0.05) is 26.3 Å². The van der Waals surface area contributed by atoms with E-state index in [0.29, 0.717) is 6.10 Å². The van der Waals surface area contributed by atoms with Crippen LogP contribution in [0.3, 0.4) is 0 Å². The lowest BCUT2D eigenvalue weighted by Crippen LogP contribution is -2.44. The van der Waals surface area contributed by atoms with Crippen molar-refractivity contribution in [3.8, 4) is 0 Å². The molecule has 2 fully saturated rings. The number of rotatable bonds is 1. The van der Waals surface area contributed by atoms with Crippen LogP contribution in [0.2, 0.25) is 0 Å². The van der Waals surface area contributed by atoms with Crippen LogP contribution < -0.4 is 5.32 Å². The second kappa shape index (κ2) is 10.8. The Hall–Kier alpha value is -0.340. The minimum atomic E-state index is 0.561. The summed E-state index contributed by atoms with van der Waals surface area (Å²) < 4.78 is 5.53. The van der Waals surface area contributed by atoms with Crippen LogP contribution in [-0.4, -0.2) is 26.3 Å². The summed E-state index contributed by atoms with van der Waals surface area (Å²) in [5, 5.41) is 3.47. The van der Waals surface area contributed by atoms with Gasteiger partial charge in [-0.2, -0.15) is 0 Å². The predicted molar refractivity (Wildman–Crippen MR) is 76.3 cm³/mol. The van der Waals surface area contributed by atoms with E-state index in [1.165, 1.54) is 38.8 Å². The van der Waals surface area contributed by atoms with E-state index in [0.717, 1.165) is 11.8 Å². The van der Waals surface area contributed by atoms with Crippen molar-refractivity contribution >= 4 is 0 Å². The van der Waals surface area contributed by atoms with Crippen LogP contribution in [0.5, 0.6) is 0 Å². The van der Waals surface area contributed by atoms with Gasteiger partial charge in [0.05, 0.1) is 6.10 Å². The summed E-state index contributed by atoms with van der Waals surface area (Å²) >= 11 is 0. The molecule has 0 amide bonds. The molecule has 0 bridgehead atoms. The fourth-order valence-electron chi connectivity index (χ4n) is 2.84. The molecular formula is C15H31NO. The zero-order valence-corrected chi connectivity index (χ0v) is 12.2. The lowest BCUT2D eigenvalue weighted by atomic mass is 9.74. The maximum atomic E-state index is 5.53. The van der Waals surface area contributed by atoms with Crippen LogP contribution in [0.15, 0.2) is 12.7 Å². The molecule has 0 aromatic heterocycles. The topological polar surface area (TPSA) is 21.3 Å². The smallest absolute Gasteiger partial charge is 0.0603 e. The minimum absolute atomic E-state index is 0.561. The lowest BCUT2D eigenvalue weighted by molar-refractivity contribution is -0.0163. The summed E-state index contributed by atoms with van der Waals surface area (Å²) in [4.78, 5) is 0. The third-order valence-corrected chi connectivity index (χ3v) is 3.51. The molecule has 1 saturated heterocycles. The Labute approximate surface area is 108 Å². The molecule has 2 rings (SSSR count). The van der Waals surface area contributed by atoms with Crippen molar-refractivity contribution in [1.82, 2.24) is 5.32 Å². The number of hydrogen-bond donors (Lipinski definition) is 1. The number of nitrogens with one attached hydrogen (secondary N) is 1. The Morgan fingerprint density at radius 2 is 1.88 bits per heavy atom. The van der Waals surface area contributed by atoms with E-state index in [4.69, 9.17) is 4.74 Å². The van der Waals surface area contributed by atoms with Gasteiger partial charge in [0.2, 0.25) is 0 Å². The highest BCUT2D eigenvalue weighted by Gasteiger charge is 2.34. The SMILES string of the molecule is C=CC.CC.COC1CCCC2CNCCC21. The largest absolute Gasteiger partial charge is 0.381 e. The quantitative estimate of drug-likeness (QED) is 0.708. The van der Waals surface area contributed by atoms with Gasteiger partial charge < -0.3 is 10.1 Å². The van der Waals surface area contributed by atoms with Gasteiger partial charge in [-0.3, -0.25) is 0 Å².